The highest BCUT2D eigenvalue weighted by Crippen LogP contribution is 2.22. The van der Waals surface area contributed by atoms with E-state index in [1.807, 2.05) is 50.2 Å². The summed E-state index contributed by atoms with van der Waals surface area (Å²) < 4.78 is 5.78. The maximum absolute atomic E-state index is 12.6. The van der Waals surface area contributed by atoms with Crippen molar-refractivity contribution in [3.8, 4) is 5.75 Å². The van der Waals surface area contributed by atoms with E-state index in [4.69, 9.17) is 17.0 Å². The third-order valence-corrected chi connectivity index (χ3v) is 4.55. The first-order valence-corrected chi connectivity index (χ1v) is 9.62. The number of amides is 1. The lowest BCUT2D eigenvalue weighted by Gasteiger charge is -2.14. The normalized spacial score (nSPS) is 11.7. The van der Waals surface area contributed by atoms with Crippen LogP contribution in [0, 0.1) is 6.92 Å². The van der Waals surface area contributed by atoms with Gasteiger partial charge in [0, 0.05) is 16.6 Å². The van der Waals surface area contributed by atoms with Gasteiger partial charge in [0.15, 0.2) is 5.11 Å². The largest absolute Gasteiger partial charge is 0.491 e. The summed E-state index contributed by atoms with van der Waals surface area (Å²) >= 11 is 5.33. The smallest absolute Gasteiger partial charge is 0.257 e. The number of nitrogens with zero attached hydrogens (tertiary/aromatic N) is 1. The highest BCUT2D eigenvalue weighted by atomic mass is 32.1. The van der Waals surface area contributed by atoms with E-state index in [-0.39, 0.29) is 17.1 Å². The zero-order chi connectivity index (χ0) is 20.1. The van der Waals surface area contributed by atoms with Gasteiger partial charge in [-0.1, -0.05) is 31.2 Å². The molecule has 2 N–H and O–H groups in total. The molecule has 2 aromatic carbocycles. The van der Waals surface area contributed by atoms with Crippen LogP contribution in [-0.2, 0) is 0 Å². The lowest BCUT2D eigenvalue weighted by atomic mass is 10.2. The molecule has 28 heavy (non-hydrogen) atoms. The van der Waals surface area contributed by atoms with Crippen LogP contribution in [0.5, 0.6) is 5.75 Å². The molecule has 1 heterocycles. The van der Waals surface area contributed by atoms with E-state index in [2.05, 4.69) is 22.5 Å². The molecular weight excluding hydrogens is 370 g/mol. The van der Waals surface area contributed by atoms with Crippen LogP contribution in [-0.4, -0.2) is 22.1 Å². The zero-order valence-electron chi connectivity index (χ0n) is 16.2. The van der Waals surface area contributed by atoms with Crippen molar-refractivity contribution in [3.05, 3.63) is 65.9 Å². The number of anilines is 1. The van der Waals surface area contributed by atoms with Gasteiger partial charge < -0.3 is 10.1 Å². The molecule has 1 atom stereocenters. The fraction of sp³-hybridized carbons (Fsp3) is 0.227. The summed E-state index contributed by atoms with van der Waals surface area (Å²) in [5.41, 5.74) is 2.95. The highest BCUT2D eigenvalue weighted by Gasteiger charge is 2.11. The number of carbonyl (C=O) groups excluding carboxylic acids is 1. The molecule has 3 rings (SSSR count). The van der Waals surface area contributed by atoms with E-state index in [1.54, 1.807) is 18.2 Å². The Morgan fingerprint density at radius 3 is 2.75 bits per heavy atom. The summed E-state index contributed by atoms with van der Waals surface area (Å²) in [6, 6.07) is 16.8. The van der Waals surface area contributed by atoms with Crippen LogP contribution < -0.4 is 15.4 Å². The molecule has 0 aliphatic carbocycles. The van der Waals surface area contributed by atoms with Crippen LogP contribution in [0.3, 0.4) is 0 Å². The number of rotatable bonds is 5. The average Bonchev–Trinajstić information content (AvgIpc) is 2.68. The first-order chi connectivity index (χ1) is 13.5. The predicted octanol–water partition coefficient (Wildman–Crippen LogP) is 4.85. The van der Waals surface area contributed by atoms with E-state index in [9.17, 15) is 4.79 Å². The number of aromatic nitrogens is 1. The number of para-hydroxylation sites is 1. The third kappa shape index (κ3) is 4.84. The molecule has 1 aromatic heterocycles. The molecule has 1 amide bonds. The van der Waals surface area contributed by atoms with E-state index >= 15 is 0 Å². The predicted molar refractivity (Wildman–Crippen MR) is 117 cm³/mol. The average molecular weight is 394 g/mol. The minimum absolute atomic E-state index is 0.0865. The summed E-state index contributed by atoms with van der Waals surface area (Å²) in [5, 5.41) is 7.01. The third-order valence-electron chi connectivity index (χ3n) is 4.34. The van der Waals surface area contributed by atoms with E-state index < -0.39 is 0 Å². The molecule has 3 aromatic rings. The van der Waals surface area contributed by atoms with Crippen molar-refractivity contribution in [3.63, 3.8) is 0 Å². The second-order valence-electron chi connectivity index (χ2n) is 6.60. The zero-order valence-corrected chi connectivity index (χ0v) is 17.0. The number of hydrogen-bond donors (Lipinski definition) is 2. The standard InChI is InChI=1S/C22H23N3O2S/c1-4-15(3)27-18-9-5-8-17(13-18)21(26)25-22(28)24-19-10-6-7-16-12-11-14(2)23-20(16)19/h5-13,15H,4H2,1-3H3,(H2,24,25,26,28). The van der Waals surface area contributed by atoms with Crippen molar-refractivity contribution in [2.75, 3.05) is 5.32 Å². The lowest BCUT2D eigenvalue weighted by Crippen LogP contribution is -2.34. The van der Waals surface area contributed by atoms with Gasteiger partial charge in [-0.15, -0.1) is 0 Å². The molecule has 0 radical (unpaired) electrons. The number of aryl methyl sites for hydroxylation is 1. The molecule has 6 heteroatoms. The number of carbonyl (C=O) groups is 1. The second kappa shape index (κ2) is 8.80. The summed E-state index contributed by atoms with van der Waals surface area (Å²) in [7, 11) is 0. The van der Waals surface area contributed by atoms with Crippen LogP contribution in [0.25, 0.3) is 10.9 Å². The monoisotopic (exact) mass is 393 g/mol. The van der Waals surface area contributed by atoms with Crippen LogP contribution in [0.2, 0.25) is 0 Å². The van der Waals surface area contributed by atoms with Gasteiger partial charge in [0.25, 0.3) is 5.91 Å². The molecule has 0 saturated heterocycles. The fourth-order valence-electron chi connectivity index (χ4n) is 2.70. The molecular formula is C22H23N3O2S. The van der Waals surface area contributed by atoms with Crippen LogP contribution >= 0.6 is 12.2 Å². The minimum atomic E-state index is -0.295. The molecule has 0 spiro atoms. The second-order valence-corrected chi connectivity index (χ2v) is 7.01. The molecule has 1 unspecified atom stereocenters. The Hall–Kier alpha value is -2.99. The molecule has 5 nitrogen and oxygen atoms in total. The molecule has 0 bridgehead atoms. The summed E-state index contributed by atoms with van der Waals surface area (Å²) in [6.45, 7) is 5.98. The van der Waals surface area contributed by atoms with E-state index in [0.717, 1.165) is 28.7 Å². The Kier molecular flexibility index (Phi) is 6.21. The SMILES string of the molecule is CCC(C)Oc1cccc(C(=O)NC(=S)Nc2cccc3ccc(C)nc23)c1. The van der Waals surface area contributed by atoms with E-state index in [0.29, 0.717) is 11.3 Å². The molecule has 144 valence electrons. The Bertz CT molecular complexity index is 1020. The van der Waals surface area contributed by atoms with Crippen molar-refractivity contribution >= 4 is 39.8 Å². The van der Waals surface area contributed by atoms with Crippen molar-refractivity contribution in [1.82, 2.24) is 10.3 Å². The van der Waals surface area contributed by atoms with Gasteiger partial charge in [-0.3, -0.25) is 15.1 Å². The topological polar surface area (TPSA) is 63.2 Å². The summed E-state index contributed by atoms with van der Waals surface area (Å²) in [4.78, 5) is 17.1. The number of pyridine rings is 1. The van der Waals surface area contributed by atoms with Gasteiger partial charge in [0.2, 0.25) is 0 Å². The molecule has 0 aliphatic rings. The van der Waals surface area contributed by atoms with Crippen molar-refractivity contribution in [1.29, 1.82) is 0 Å². The first kappa shape index (κ1) is 19.8. The molecule has 0 fully saturated rings. The highest BCUT2D eigenvalue weighted by molar-refractivity contribution is 7.80. The van der Waals surface area contributed by atoms with E-state index in [1.165, 1.54) is 0 Å². The number of hydrogen-bond acceptors (Lipinski definition) is 4. The minimum Gasteiger partial charge on any atom is -0.491 e. The number of nitrogens with one attached hydrogen (secondary N) is 2. The number of ether oxygens (including phenoxy) is 1. The van der Waals surface area contributed by atoms with Crippen molar-refractivity contribution in [2.24, 2.45) is 0 Å². The van der Waals surface area contributed by atoms with Crippen molar-refractivity contribution < 1.29 is 9.53 Å². The Morgan fingerprint density at radius 2 is 1.96 bits per heavy atom. The maximum atomic E-state index is 12.6. The Morgan fingerprint density at radius 1 is 1.18 bits per heavy atom. The quantitative estimate of drug-likeness (QED) is 0.607. The molecule has 0 aliphatic heterocycles. The summed E-state index contributed by atoms with van der Waals surface area (Å²) in [5.74, 6) is 0.367. The fourth-order valence-corrected chi connectivity index (χ4v) is 2.90. The Balaban J connectivity index is 1.71. The Labute approximate surface area is 170 Å². The maximum Gasteiger partial charge on any atom is 0.257 e. The van der Waals surface area contributed by atoms with Gasteiger partial charge in [-0.2, -0.15) is 0 Å². The van der Waals surface area contributed by atoms with Gasteiger partial charge in [-0.05, 0) is 62.8 Å². The number of benzene rings is 2. The van der Waals surface area contributed by atoms with Gasteiger partial charge >= 0.3 is 0 Å². The van der Waals surface area contributed by atoms with Gasteiger partial charge in [0.05, 0.1) is 17.3 Å². The van der Waals surface area contributed by atoms with Crippen LogP contribution in [0.4, 0.5) is 5.69 Å². The molecule has 0 saturated carbocycles. The van der Waals surface area contributed by atoms with Crippen LogP contribution in [0.15, 0.2) is 54.6 Å². The van der Waals surface area contributed by atoms with Crippen molar-refractivity contribution in [2.45, 2.75) is 33.3 Å². The van der Waals surface area contributed by atoms with Gasteiger partial charge in [-0.25, -0.2) is 0 Å². The number of fused-ring (bicyclic) bond motifs is 1. The lowest BCUT2D eigenvalue weighted by molar-refractivity contribution is 0.0977. The first-order valence-electron chi connectivity index (χ1n) is 9.21. The van der Waals surface area contributed by atoms with Crippen LogP contribution in [0.1, 0.15) is 36.3 Å². The van der Waals surface area contributed by atoms with Gasteiger partial charge in [0.1, 0.15) is 5.75 Å². The summed E-state index contributed by atoms with van der Waals surface area (Å²) in [6.07, 6.45) is 0.978. The number of thiocarbonyl (C=S) groups is 1.